The van der Waals surface area contributed by atoms with E-state index in [2.05, 4.69) is 27.3 Å². The highest BCUT2D eigenvalue weighted by atomic mass is 16.4. The summed E-state index contributed by atoms with van der Waals surface area (Å²) in [7, 11) is 0. The van der Waals surface area contributed by atoms with Gasteiger partial charge in [-0.15, -0.1) is 0 Å². The Morgan fingerprint density at radius 1 is 1.08 bits per heavy atom. The maximum atomic E-state index is 11.6. The number of piperazine rings is 1. The van der Waals surface area contributed by atoms with Gasteiger partial charge in [0.15, 0.2) is 0 Å². The van der Waals surface area contributed by atoms with E-state index >= 15 is 0 Å². The highest BCUT2D eigenvalue weighted by Crippen LogP contribution is 2.24. The van der Waals surface area contributed by atoms with Crippen molar-refractivity contribution in [3.63, 3.8) is 0 Å². The molecular weight excluding hydrogens is 320 g/mol. The summed E-state index contributed by atoms with van der Waals surface area (Å²) in [5, 5.41) is 12.1. The molecular formula is C18H20N4O3. The van der Waals surface area contributed by atoms with Gasteiger partial charge in [-0.3, -0.25) is 4.79 Å². The van der Waals surface area contributed by atoms with Gasteiger partial charge >= 0.3 is 5.97 Å². The number of nitrogens with zero attached hydrogens (tertiary/aromatic N) is 3. The maximum Gasteiger partial charge on any atom is 0.339 e. The Morgan fingerprint density at radius 3 is 2.32 bits per heavy atom. The minimum Gasteiger partial charge on any atom is -0.478 e. The van der Waals surface area contributed by atoms with Gasteiger partial charge in [0.05, 0.1) is 11.9 Å². The molecule has 1 aromatic heterocycles. The van der Waals surface area contributed by atoms with Crippen molar-refractivity contribution in [3.05, 3.63) is 48.2 Å². The zero-order valence-electron chi connectivity index (χ0n) is 14.0. The van der Waals surface area contributed by atoms with Gasteiger partial charge in [0.25, 0.3) is 0 Å². The molecule has 2 heterocycles. The number of amides is 1. The highest BCUT2D eigenvalue weighted by Gasteiger charge is 2.23. The van der Waals surface area contributed by atoms with E-state index in [0.29, 0.717) is 24.6 Å². The number of anilines is 3. The molecule has 25 heavy (non-hydrogen) atoms. The molecule has 130 valence electrons. The molecule has 7 nitrogen and oxygen atoms in total. The van der Waals surface area contributed by atoms with Gasteiger partial charge in [0, 0.05) is 38.8 Å². The van der Waals surface area contributed by atoms with Crippen molar-refractivity contribution in [2.24, 2.45) is 0 Å². The number of rotatable bonds is 4. The lowest BCUT2D eigenvalue weighted by Crippen LogP contribution is -2.47. The fourth-order valence-electron chi connectivity index (χ4n) is 2.95. The maximum absolute atomic E-state index is 11.6. The van der Waals surface area contributed by atoms with Crippen LogP contribution in [0.3, 0.4) is 0 Å². The van der Waals surface area contributed by atoms with E-state index < -0.39 is 5.97 Å². The molecule has 0 saturated carbocycles. The molecule has 7 heteroatoms. The minimum atomic E-state index is -1.06. The summed E-state index contributed by atoms with van der Waals surface area (Å²) in [6.45, 7) is 4.32. The zero-order chi connectivity index (χ0) is 17.8. The van der Waals surface area contributed by atoms with Crippen LogP contribution in [0.5, 0.6) is 0 Å². The molecule has 1 aromatic carbocycles. The van der Waals surface area contributed by atoms with Crippen molar-refractivity contribution in [3.8, 4) is 0 Å². The van der Waals surface area contributed by atoms with Crippen LogP contribution in [0.2, 0.25) is 0 Å². The van der Waals surface area contributed by atoms with Crippen LogP contribution < -0.4 is 15.1 Å². The predicted molar refractivity (Wildman–Crippen MR) is 96.4 cm³/mol. The number of carbonyl (C=O) groups is 2. The summed E-state index contributed by atoms with van der Waals surface area (Å²) in [5.41, 5.74) is 1.64. The highest BCUT2D eigenvalue weighted by molar-refractivity contribution is 5.96. The van der Waals surface area contributed by atoms with Crippen LogP contribution >= 0.6 is 0 Å². The largest absolute Gasteiger partial charge is 0.478 e. The average Bonchev–Trinajstić information content (AvgIpc) is 2.62. The van der Waals surface area contributed by atoms with Crippen molar-refractivity contribution in [2.75, 3.05) is 41.3 Å². The monoisotopic (exact) mass is 340 g/mol. The molecule has 2 N–H and O–H groups in total. The van der Waals surface area contributed by atoms with Gasteiger partial charge in [-0.25, -0.2) is 9.78 Å². The van der Waals surface area contributed by atoms with Crippen LogP contribution in [0.25, 0.3) is 0 Å². The van der Waals surface area contributed by atoms with Gasteiger partial charge in [0.1, 0.15) is 11.4 Å². The van der Waals surface area contributed by atoms with E-state index in [1.165, 1.54) is 19.2 Å². The lowest BCUT2D eigenvalue weighted by Gasteiger charge is -2.37. The second kappa shape index (κ2) is 7.21. The summed E-state index contributed by atoms with van der Waals surface area (Å²) >= 11 is 0. The Labute approximate surface area is 145 Å². The summed E-state index contributed by atoms with van der Waals surface area (Å²) < 4.78 is 0. The molecule has 1 fully saturated rings. The van der Waals surface area contributed by atoms with Crippen LogP contribution in [0.4, 0.5) is 17.2 Å². The molecule has 0 atom stereocenters. The van der Waals surface area contributed by atoms with Crippen LogP contribution in [0.15, 0.2) is 42.6 Å². The third-order valence-electron chi connectivity index (χ3n) is 4.12. The fraction of sp³-hybridized carbons (Fsp3) is 0.278. The molecule has 1 amide bonds. The molecule has 0 aliphatic carbocycles. The first-order chi connectivity index (χ1) is 12.0. The third-order valence-corrected chi connectivity index (χ3v) is 4.12. The number of carbonyl (C=O) groups excluding carboxylic acids is 1. The van der Waals surface area contributed by atoms with Crippen LogP contribution in [-0.2, 0) is 4.79 Å². The second-order valence-electron chi connectivity index (χ2n) is 5.89. The SMILES string of the molecule is CC(=O)Nc1cnc(N2CCN(c3ccccc3)CC2)c(C(=O)O)c1. The van der Waals surface area contributed by atoms with E-state index in [4.69, 9.17) is 0 Å². The Balaban J connectivity index is 1.76. The van der Waals surface area contributed by atoms with Crippen molar-refractivity contribution in [1.29, 1.82) is 0 Å². The Kier molecular flexibility index (Phi) is 4.83. The molecule has 1 aliphatic rings. The second-order valence-corrected chi connectivity index (χ2v) is 5.89. The van der Waals surface area contributed by atoms with Gasteiger partial charge in [-0.2, -0.15) is 0 Å². The van der Waals surface area contributed by atoms with Gasteiger partial charge < -0.3 is 20.2 Å². The first-order valence-electron chi connectivity index (χ1n) is 8.10. The summed E-state index contributed by atoms with van der Waals surface area (Å²) in [6, 6.07) is 11.6. The average molecular weight is 340 g/mol. The number of carboxylic acids is 1. The minimum absolute atomic E-state index is 0.0967. The molecule has 0 spiro atoms. The zero-order valence-corrected chi connectivity index (χ0v) is 14.0. The topological polar surface area (TPSA) is 85.8 Å². The van der Waals surface area contributed by atoms with E-state index in [1.54, 1.807) is 0 Å². The summed E-state index contributed by atoms with van der Waals surface area (Å²) in [5.74, 6) is -0.878. The first-order valence-corrected chi connectivity index (χ1v) is 8.10. The predicted octanol–water partition coefficient (Wildman–Crippen LogP) is 2.06. The Bertz CT molecular complexity index is 771. The van der Waals surface area contributed by atoms with Crippen molar-refractivity contribution < 1.29 is 14.7 Å². The molecule has 2 aromatic rings. The Hall–Kier alpha value is -3.09. The molecule has 0 radical (unpaired) electrons. The quantitative estimate of drug-likeness (QED) is 0.886. The normalized spacial score (nSPS) is 14.3. The molecule has 1 saturated heterocycles. The number of nitrogens with one attached hydrogen (secondary N) is 1. The van der Waals surface area contributed by atoms with Crippen molar-refractivity contribution >= 4 is 29.1 Å². The van der Waals surface area contributed by atoms with E-state index in [-0.39, 0.29) is 11.5 Å². The first kappa shape index (κ1) is 16.8. The van der Waals surface area contributed by atoms with Crippen LogP contribution in [0, 0.1) is 0 Å². The number of para-hydroxylation sites is 1. The molecule has 0 unspecified atom stereocenters. The van der Waals surface area contributed by atoms with E-state index in [1.807, 2.05) is 23.1 Å². The number of aromatic carboxylic acids is 1. The number of hydrogen-bond acceptors (Lipinski definition) is 5. The van der Waals surface area contributed by atoms with Gasteiger partial charge in [0.2, 0.25) is 5.91 Å². The van der Waals surface area contributed by atoms with Crippen LogP contribution in [0.1, 0.15) is 17.3 Å². The molecule has 3 rings (SSSR count). The molecule has 1 aliphatic heterocycles. The van der Waals surface area contributed by atoms with E-state index in [9.17, 15) is 14.7 Å². The van der Waals surface area contributed by atoms with E-state index in [0.717, 1.165) is 18.8 Å². The number of benzene rings is 1. The molecule has 0 bridgehead atoms. The number of pyridine rings is 1. The Morgan fingerprint density at radius 2 is 1.72 bits per heavy atom. The van der Waals surface area contributed by atoms with Crippen molar-refractivity contribution in [1.82, 2.24) is 4.98 Å². The lowest BCUT2D eigenvalue weighted by molar-refractivity contribution is -0.114. The van der Waals surface area contributed by atoms with Crippen molar-refractivity contribution in [2.45, 2.75) is 6.92 Å². The number of carboxylic acid groups (broad SMARTS) is 1. The summed E-state index contributed by atoms with van der Waals surface area (Å²) in [6.07, 6.45) is 1.49. The lowest BCUT2D eigenvalue weighted by atomic mass is 10.2. The van der Waals surface area contributed by atoms with Gasteiger partial charge in [-0.1, -0.05) is 18.2 Å². The smallest absolute Gasteiger partial charge is 0.339 e. The number of aromatic nitrogens is 1. The standard InChI is InChI=1S/C18H20N4O3/c1-13(23)20-14-11-16(18(24)25)17(19-12-14)22-9-7-21(8-10-22)15-5-3-2-4-6-15/h2-6,11-12H,7-10H2,1H3,(H,20,23)(H,24,25). The van der Waals surface area contributed by atoms with Crippen LogP contribution in [-0.4, -0.2) is 48.1 Å². The number of hydrogen-bond donors (Lipinski definition) is 2. The summed E-state index contributed by atoms with van der Waals surface area (Å²) in [4.78, 5) is 31.3. The third kappa shape index (κ3) is 3.88. The van der Waals surface area contributed by atoms with Gasteiger partial charge in [-0.05, 0) is 18.2 Å². The fourth-order valence-corrected chi connectivity index (χ4v) is 2.95.